The Morgan fingerprint density at radius 1 is 1.10 bits per heavy atom. The Balaban J connectivity index is 1.22. The van der Waals surface area contributed by atoms with Gasteiger partial charge in [-0.15, -0.1) is 0 Å². The molecule has 1 saturated heterocycles. The maximum absolute atomic E-state index is 12.2. The largest absolute Gasteiger partial charge is 0.359 e. The maximum atomic E-state index is 12.2. The number of nitrogens with one attached hydrogen (secondary N) is 1. The molecule has 0 atom stereocenters. The third kappa shape index (κ3) is 5.25. The standard InChI is InChI=1S/C23H24ClN3O2/c24-20-8-6-19(7-9-20)23(28)25-15-17-10-12-27(13-11-17)16-21-14-22(26-29-21)18-4-2-1-3-5-18/h1-9,14,17H,10-13,15-16H2,(H,25,28). The molecule has 0 spiro atoms. The molecule has 0 radical (unpaired) electrons. The number of amides is 1. The minimum atomic E-state index is -0.0424. The average Bonchev–Trinajstić information content (AvgIpc) is 3.23. The second-order valence-corrected chi connectivity index (χ2v) is 7.92. The van der Waals surface area contributed by atoms with Crippen LogP contribution in [0.4, 0.5) is 0 Å². The van der Waals surface area contributed by atoms with Crippen molar-refractivity contribution in [1.82, 2.24) is 15.4 Å². The Labute approximate surface area is 175 Å². The number of halogens is 1. The molecular weight excluding hydrogens is 386 g/mol. The van der Waals surface area contributed by atoms with E-state index in [1.165, 1.54) is 0 Å². The molecule has 0 unspecified atom stereocenters. The van der Waals surface area contributed by atoms with Gasteiger partial charge in [0.05, 0.1) is 6.54 Å². The molecule has 1 N–H and O–H groups in total. The van der Waals surface area contributed by atoms with Crippen molar-refractivity contribution < 1.29 is 9.32 Å². The summed E-state index contributed by atoms with van der Waals surface area (Å²) in [6.45, 7) is 3.45. The first-order chi connectivity index (χ1) is 14.2. The number of hydrogen-bond donors (Lipinski definition) is 1. The van der Waals surface area contributed by atoms with Gasteiger partial charge in [0.15, 0.2) is 5.76 Å². The van der Waals surface area contributed by atoms with Gasteiger partial charge in [-0.1, -0.05) is 47.1 Å². The maximum Gasteiger partial charge on any atom is 0.251 e. The molecule has 2 aromatic carbocycles. The van der Waals surface area contributed by atoms with E-state index in [0.29, 0.717) is 23.0 Å². The highest BCUT2D eigenvalue weighted by Crippen LogP contribution is 2.22. The third-order valence-corrected chi connectivity index (χ3v) is 5.62. The minimum absolute atomic E-state index is 0.0424. The van der Waals surface area contributed by atoms with Gasteiger partial charge in [0.1, 0.15) is 5.69 Å². The van der Waals surface area contributed by atoms with Crippen molar-refractivity contribution >= 4 is 17.5 Å². The number of rotatable bonds is 6. The number of likely N-dealkylation sites (tertiary alicyclic amines) is 1. The molecule has 0 aliphatic carbocycles. The van der Waals surface area contributed by atoms with Crippen LogP contribution in [0, 0.1) is 5.92 Å². The van der Waals surface area contributed by atoms with Gasteiger partial charge in [-0.3, -0.25) is 9.69 Å². The predicted molar refractivity (Wildman–Crippen MR) is 114 cm³/mol. The van der Waals surface area contributed by atoms with Crippen LogP contribution in [0.5, 0.6) is 0 Å². The van der Waals surface area contributed by atoms with Gasteiger partial charge < -0.3 is 9.84 Å². The molecule has 5 nitrogen and oxygen atoms in total. The highest BCUT2D eigenvalue weighted by Gasteiger charge is 2.21. The molecule has 29 heavy (non-hydrogen) atoms. The molecule has 2 heterocycles. The summed E-state index contributed by atoms with van der Waals surface area (Å²) in [5, 5.41) is 7.87. The molecule has 150 valence electrons. The lowest BCUT2D eigenvalue weighted by molar-refractivity contribution is 0.0933. The molecule has 1 aliphatic heterocycles. The van der Waals surface area contributed by atoms with Crippen molar-refractivity contribution in [2.75, 3.05) is 19.6 Å². The third-order valence-electron chi connectivity index (χ3n) is 5.37. The van der Waals surface area contributed by atoms with Crippen molar-refractivity contribution in [3.8, 4) is 11.3 Å². The van der Waals surface area contributed by atoms with Gasteiger partial charge >= 0.3 is 0 Å². The van der Waals surface area contributed by atoms with Gasteiger partial charge in [0, 0.05) is 28.8 Å². The normalized spacial score (nSPS) is 15.3. The van der Waals surface area contributed by atoms with E-state index in [0.717, 1.165) is 49.5 Å². The number of carbonyl (C=O) groups excluding carboxylic acids is 1. The van der Waals surface area contributed by atoms with E-state index in [9.17, 15) is 4.79 Å². The minimum Gasteiger partial charge on any atom is -0.359 e. The van der Waals surface area contributed by atoms with Gasteiger partial charge in [0.2, 0.25) is 0 Å². The van der Waals surface area contributed by atoms with Crippen LogP contribution in [-0.2, 0) is 6.54 Å². The summed E-state index contributed by atoms with van der Waals surface area (Å²) in [5.41, 5.74) is 2.59. The van der Waals surface area contributed by atoms with Crippen LogP contribution in [0.1, 0.15) is 29.0 Å². The Morgan fingerprint density at radius 3 is 2.55 bits per heavy atom. The molecule has 6 heteroatoms. The Bertz CT molecular complexity index is 932. The van der Waals surface area contributed by atoms with Gasteiger partial charge in [-0.05, 0) is 56.1 Å². The lowest BCUT2D eigenvalue weighted by atomic mass is 9.96. The van der Waals surface area contributed by atoms with Crippen LogP contribution in [0.25, 0.3) is 11.3 Å². The summed E-state index contributed by atoms with van der Waals surface area (Å²) in [5.74, 6) is 1.34. The van der Waals surface area contributed by atoms with E-state index in [1.54, 1.807) is 24.3 Å². The summed E-state index contributed by atoms with van der Waals surface area (Å²) in [4.78, 5) is 14.6. The van der Waals surface area contributed by atoms with E-state index in [-0.39, 0.29) is 5.91 Å². The van der Waals surface area contributed by atoms with Crippen LogP contribution in [0.2, 0.25) is 5.02 Å². The SMILES string of the molecule is O=C(NCC1CCN(Cc2cc(-c3ccccc3)no2)CC1)c1ccc(Cl)cc1. The molecule has 0 bridgehead atoms. The fraction of sp³-hybridized carbons (Fsp3) is 0.304. The molecule has 1 aliphatic rings. The Kier molecular flexibility index (Phi) is 6.27. The quantitative estimate of drug-likeness (QED) is 0.644. The number of aromatic nitrogens is 1. The number of hydrogen-bond acceptors (Lipinski definition) is 4. The van der Waals surface area contributed by atoms with E-state index in [4.69, 9.17) is 16.1 Å². The van der Waals surface area contributed by atoms with Crippen molar-refractivity contribution in [1.29, 1.82) is 0 Å². The van der Waals surface area contributed by atoms with E-state index in [1.807, 2.05) is 36.4 Å². The van der Waals surface area contributed by atoms with Crippen LogP contribution in [0.15, 0.2) is 65.2 Å². The van der Waals surface area contributed by atoms with Crippen molar-refractivity contribution in [2.45, 2.75) is 19.4 Å². The molecule has 1 aromatic heterocycles. The number of piperidine rings is 1. The topological polar surface area (TPSA) is 58.4 Å². The van der Waals surface area contributed by atoms with Crippen LogP contribution in [-0.4, -0.2) is 35.6 Å². The monoisotopic (exact) mass is 409 g/mol. The van der Waals surface area contributed by atoms with Crippen molar-refractivity contribution in [3.63, 3.8) is 0 Å². The van der Waals surface area contributed by atoms with Gasteiger partial charge in [-0.25, -0.2) is 0 Å². The smallest absolute Gasteiger partial charge is 0.251 e. The summed E-state index contributed by atoms with van der Waals surface area (Å²) in [7, 11) is 0. The van der Waals surface area contributed by atoms with Gasteiger partial charge in [-0.2, -0.15) is 0 Å². The fourth-order valence-corrected chi connectivity index (χ4v) is 3.77. The summed E-state index contributed by atoms with van der Waals surface area (Å²) < 4.78 is 5.53. The fourth-order valence-electron chi connectivity index (χ4n) is 3.64. The predicted octanol–water partition coefficient (Wildman–Crippen LogP) is 4.64. The van der Waals surface area contributed by atoms with Crippen molar-refractivity contribution in [3.05, 3.63) is 77.0 Å². The molecule has 1 amide bonds. The summed E-state index contributed by atoms with van der Waals surface area (Å²) in [6, 6.07) is 19.1. The second kappa shape index (κ2) is 9.25. The highest BCUT2D eigenvalue weighted by molar-refractivity contribution is 6.30. The van der Waals surface area contributed by atoms with Crippen LogP contribution >= 0.6 is 11.6 Å². The van der Waals surface area contributed by atoms with Gasteiger partial charge in [0.25, 0.3) is 5.91 Å². The summed E-state index contributed by atoms with van der Waals surface area (Å²) >= 11 is 5.87. The van der Waals surface area contributed by atoms with E-state index in [2.05, 4.69) is 15.4 Å². The first kappa shape index (κ1) is 19.7. The highest BCUT2D eigenvalue weighted by atomic mass is 35.5. The zero-order valence-corrected chi connectivity index (χ0v) is 16.9. The van der Waals surface area contributed by atoms with Crippen LogP contribution in [0.3, 0.4) is 0 Å². The first-order valence-electron chi connectivity index (χ1n) is 9.94. The number of nitrogens with zero attached hydrogens (tertiary/aromatic N) is 2. The average molecular weight is 410 g/mol. The second-order valence-electron chi connectivity index (χ2n) is 7.48. The number of benzene rings is 2. The zero-order valence-electron chi connectivity index (χ0n) is 16.2. The summed E-state index contributed by atoms with van der Waals surface area (Å²) in [6.07, 6.45) is 2.11. The zero-order chi connectivity index (χ0) is 20.1. The molecule has 3 aromatic rings. The molecule has 1 fully saturated rings. The lowest BCUT2D eigenvalue weighted by Gasteiger charge is -2.31. The van der Waals surface area contributed by atoms with E-state index >= 15 is 0 Å². The first-order valence-corrected chi connectivity index (χ1v) is 10.3. The Hall–Kier alpha value is -2.63. The Morgan fingerprint density at radius 2 is 1.83 bits per heavy atom. The number of carbonyl (C=O) groups is 1. The molecule has 0 saturated carbocycles. The lowest BCUT2D eigenvalue weighted by Crippen LogP contribution is -2.38. The van der Waals surface area contributed by atoms with Crippen molar-refractivity contribution in [2.24, 2.45) is 5.92 Å². The van der Waals surface area contributed by atoms with E-state index < -0.39 is 0 Å². The molecule has 4 rings (SSSR count). The molecular formula is C23H24ClN3O2. The van der Waals surface area contributed by atoms with Crippen LogP contribution < -0.4 is 5.32 Å².